The molecule has 0 fully saturated rings. The van der Waals surface area contributed by atoms with Crippen LogP contribution in [0.5, 0.6) is 0 Å². The number of hydrogen-bond donors (Lipinski definition) is 1. The quantitative estimate of drug-likeness (QED) is 0.176. The summed E-state index contributed by atoms with van der Waals surface area (Å²) in [6.45, 7) is -0.131. The van der Waals surface area contributed by atoms with Crippen molar-refractivity contribution in [2.75, 3.05) is 6.61 Å². The molecule has 0 amide bonds. The standard InChI is InChI=1S/C12H11F6IO7S2/c1-8-4-2-3-5-10(8)19(26-28(23,24)12(16,17)18)6-9(7-20)25-27(21,22)11(13,14)15/h2-6,20H,7H2,1H3/b9-6+. The molecule has 0 aliphatic rings. The van der Waals surface area contributed by atoms with Crippen molar-refractivity contribution in [1.29, 1.82) is 0 Å². The summed E-state index contributed by atoms with van der Waals surface area (Å²) in [6.07, 6.45) is 0. The molecule has 1 aromatic rings. The van der Waals surface area contributed by atoms with Crippen molar-refractivity contribution in [3.8, 4) is 0 Å². The van der Waals surface area contributed by atoms with Crippen molar-refractivity contribution < 1.29 is 55.0 Å². The minimum absolute atomic E-state index is 0.113. The molecule has 1 aromatic carbocycles. The van der Waals surface area contributed by atoms with Crippen molar-refractivity contribution in [3.63, 3.8) is 0 Å². The van der Waals surface area contributed by atoms with Crippen molar-refractivity contribution in [2.45, 2.75) is 17.9 Å². The zero-order valence-corrected chi connectivity index (χ0v) is 17.2. The van der Waals surface area contributed by atoms with Crippen molar-refractivity contribution >= 4 is 40.5 Å². The first-order valence-electron chi connectivity index (χ1n) is 6.59. The molecule has 0 aromatic heterocycles. The maximum atomic E-state index is 12.6. The minimum atomic E-state index is -6.25. The first-order valence-corrected chi connectivity index (χ1v) is 12.6. The van der Waals surface area contributed by atoms with Gasteiger partial charge in [0, 0.05) is 0 Å². The molecular formula is C12H11F6IO7S2. The van der Waals surface area contributed by atoms with Crippen LogP contribution in [0.3, 0.4) is 0 Å². The van der Waals surface area contributed by atoms with Gasteiger partial charge in [-0.2, -0.15) is 0 Å². The topological polar surface area (TPSA) is 107 Å². The van der Waals surface area contributed by atoms with E-state index in [1.54, 1.807) is 0 Å². The molecule has 162 valence electrons. The third-order valence-corrected chi connectivity index (χ3v) is 10.7. The molecule has 0 unspecified atom stereocenters. The third kappa shape index (κ3) is 6.19. The van der Waals surface area contributed by atoms with Crippen molar-refractivity contribution in [3.05, 3.63) is 43.2 Å². The van der Waals surface area contributed by atoms with Crippen molar-refractivity contribution in [1.82, 2.24) is 0 Å². The van der Waals surface area contributed by atoms with E-state index in [9.17, 15) is 43.2 Å². The van der Waals surface area contributed by atoms with E-state index in [2.05, 4.69) is 6.70 Å². The van der Waals surface area contributed by atoms with Crippen LogP contribution in [-0.4, -0.2) is 39.6 Å². The summed E-state index contributed by atoms with van der Waals surface area (Å²) >= 11 is -4.18. The number of aliphatic hydroxyl groups is 1. The van der Waals surface area contributed by atoms with Gasteiger partial charge < -0.3 is 0 Å². The van der Waals surface area contributed by atoms with Gasteiger partial charge in [-0.3, -0.25) is 0 Å². The fourth-order valence-electron chi connectivity index (χ4n) is 1.37. The Morgan fingerprint density at radius 1 is 1.04 bits per heavy atom. The van der Waals surface area contributed by atoms with E-state index in [1.807, 2.05) is 0 Å². The van der Waals surface area contributed by atoms with Gasteiger partial charge in [-0.15, -0.1) is 0 Å². The van der Waals surface area contributed by atoms with Gasteiger partial charge in [-0.1, -0.05) is 0 Å². The van der Waals surface area contributed by atoms with Gasteiger partial charge in [0.25, 0.3) is 0 Å². The van der Waals surface area contributed by atoms with E-state index >= 15 is 0 Å². The summed E-state index contributed by atoms with van der Waals surface area (Å²) in [5.74, 6) is -1.33. The second-order valence-corrected chi connectivity index (χ2v) is 12.2. The van der Waals surface area contributed by atoms with E-state index in [4.69, 9.17) is 5.11 Å². The molecule has 0 spiro atoms. The average Bonchev–Trinajstić information content (AvgIpc) is 2.51. The van der Waals surface area contributed by atoms with Crippen LogP contribution in [0.2, 0.25) is 0 Å². The number of benzene rings is 1. The van der Waals surface area contributed by atoms with Crippen molar-refractivity contribution in [2.24, 2.45) is 0 Å². The molecule has 16 heteroatoms. The number of aryl methyl sites for hydroxylation is 1. The van der Waals surface area contributed by atoms with Gasteiger partial charge in [0.15, 0.2) is 0 Å². The van der Waals surface area contributed by atoms with Crippen LogP contribution in [0.15, 0.2) is 34.1 Å². The van der Waals surface area contributed by atoms with E-state index in [0.717, 1.165) is 6.07 Å². The molecular weight excluding hydrogens is 561 g/mol. The molecule has 0 saturated carbocycles. The van der Waals surface area contributed by atoms with E-state index in [-0.39, 0.29) is 9.13 Å². The molecule has 0 heterocycles. The molecule has 0 aliphatic heterocycles. The fourth-order valence-corrected chi connectivity index (χ4v) is 8.28. The zero-order valence-electron chi connectivity index (χ0n) is 13.5. The summed E-state index contributed by atoms with van der Waals surface area (Å²) in [6, 6.07) is 5.22. The summed E-state index contributed by atoms with van der Waals surface area (Å²) in [5, 5.41) is 9.05. The van der Waals surface area contributed by atoms with Gasteiger partial charge in [-0.05, 0) is 0 Å². The van der Waals surface area contributed by atoms with Gasteiger partial charge in [-0.25, -0.2) is 0 Å². The van der Waals surface area contributed by atoms with E-state index in [0.29, 0.717) is 4.08 Å². The average molecular weight is 572 g/mol. The summed E-state index contributed by atoms with van der Waals surface area (Å²) in [4.78, 5) is 0. The second-order valence-electron chi connectivity index (χ2n) is 4.70. The van der Waals surface area contributed by atoms with E-state index < -0.39 is 63.9 Å². The predicted molar refractivity (Wildman–Crippen MR) is 91.2 cm³/mol. The normalized spacial score (nSPS) is 14.7. The summed E-state index contributed by atoms with van der Waals surface area (Å²) in [5.41, 5.74) is -11.5. The Labute approximate surface area is 163 Å². The first-order chi connectivity index (χ1) is 12.5. The van der Waals surface area contributed by atoms with Gasteiger partial charge in [0.05, 0.1) is 0 Å². The molecule has 28 heavy (non-hydrogen) atoms. The number of hydrogen-bond acceptors (Lipinski definition) is 7. The summed E-state index contributed by atoms with van der Waals surface area (Å²) in [7, 11) is -12.4. The maximum absolute atomic E-state index is 12.6. The summed E-state index contributed by atoms with van der Waals surface area (Å²) < 4.78 is 128. The predicted octanol–water partition coefficient (Wildman–Crippen LogP) is 3.15. The van der Waals surface area contributed by atoms with Crippen LogP contribution in [-0.2, 0) is 26.9 Å². The van der Waals surface area contributed by atoms with Crippen LogP contribution in [0.25, 0.3) is 0 Å². The van der Waals surface area contributed by atoms with Crippen LogP contribution < -0.4 is 0 Å². The Kier molecular flexibility index (Phi) is 7.76. The Hall–Kier alpha value is -1.11. The molecule has 1 N–H and O–H groups in total. The molecule has 0 radical (unpaired) electrons. The molecule has 7 nitrogen and oxygen atoms in total. The van der Waals surface area contributed by atoms with Gasteiger partial charge >= 0.3 is 163 Å². The Morgan fingerprint density at radius 3 is 1.96 bits per heavy atom. The Morgan fingerprint density at radius 2 is 1.54 bits per heavy atom. The third-order valence-electron chi connectivity index (χ3n) is 2.59. The first kappa shape index (κ1) is 24.9. The van der Waals surface area contributed by atoms with Gasteiger partial charge in [0.1, 0.15) is 0 Å². The molecule has 0 atom stereocenters. The monoisotopic (exact) mass is 572 g/mol. The molecule has 1 rings (SSSR count). The SMILES string of the molecule is Cc1ccccc1I(/C=C(\CO)OS(=O)(=O)C(F)(F)F)OS(=O)(=O)C(F)(F)F. The van der Waals surface area contributed by atoms with Crippen LogP contribution in [0.4, 0.5) is 26.3 Å². The van der Waals surface area contributed by atoms with Crippen LogP contribution in [0.1, 0.15) is 5.56 Å². The van der Waals surface area contributed by atoms with Crippen LogP contribution in [0, 0.1) is 10.5 Å². The molecule has 0 aliphatic carbocycles. The number of aliphatic hydroxyl groups excluding tert-OH is 1. The Balaban J connectivity index is 3.47. The number of halogens is 7. The second kappa shape index (κ2) is 8.72. The molecule has 0 bridgehead atoms. The van der Waals surface area contributed by atoms with Crippen LogP contribution >= 0.6 is 20.2 Å². The Bertz CT molecular complexity index is 938. The van der Waals surface area contributed by atoms with Gasteiger partial charge in [0.2, 0.25) is 0 Å². The number of rotatable bonds is 7. The number of alkyl halides is 6. The van der Waals surface area contributed by atoms with E-state index in [1.165, 1.54) is 25.1 Å². The molecule has 0 saturated heterocycles. The zero-order chi connectivity index (χ0) is 22.0. The fraction of sp³-hybridized carbons (Fsp3) is 0.333.